The van der Waals surface area contributed by atoms with E-state index in [0.717, 1.165) is 34.8 Å². The smallest absolute Gasteiger partial charge is 0.147 e. The number of para-hydroxylation sites is 1. The Morgan fingerprint density at radius 2 is 1.53 bits per heavy atom. The molecular formula is C26H38N2O2. The minimum atomic E-state index is -0.0479. The van der Waals surface area contributed by atoms with Gasteiger partial charge in [-0.05, 0) is 63.8 Å². The van der Waals surface area contributed by atoms with Gasteiger partial charge in [0, 0.05) is 5.57 Å². The number of nitrogens with zero attached hydrogens (tertiary/aromatic N) is 1. The zero-order chi connectivity index (χ0) is 22.4. The molecule has 0 saturated heterocycles. The molecular weight excluding hydrogens is 372 g/mol. The van der Waals surface area contributed by atoms with E-state index >= 15 is 0 Å². The van der Waals surface area contributed by atoms with Crippen LogP contribution >= 0.6 is 0 Å². The van der Waals surface area contributed by atoms with Gasteiger partial charge < -0.3 is 10.5 Å². The van der Waals surface area contributed by atoms with Gasteiger partial charge in [0.05, 0.1) is 6.04 Å². The molecule has 1 unspecified atom stereocenters. The molecule has 4 heteroatoms. The lowest BCUT2D eigenvalue weighted by molar-refractivity contribution is -0.105. The number of likely N-dealkylation sites (N-methyl/N-ethyl adjacent to an activating group) is 1. The summed E-state index contributed by atoms with van der Waals surface area (Å²) >= 11 is 0. The number of hydrogen-bond donors (Lipinski definition) is 1. The lowest BCUT2D eigenvalue weighted by atomic mass is 9.98. The van der Waals surface area contributed by atoms with Crippen LogP contribution in [0.25, 0.3) is 0 Å². The molecule has 4 nitrogen and oxygen atoms in total. The highest BCUT2D eigenvalue weighted by Gasteiger charge is 2.18. The van der Waals surface area contributed by atoms with Crippen LogP contribution in [-0.2, 0) is 4.79 Å². The number of rotatable bonds is 6. The van der Waals surface area contributed by atoms with Crippen LogP contribution in [0, 0.1) is 5.92 Å². The largest absolute Gasteiger partial charge is 0.457 e. The van der Waals surface area contributed by atoms with Gasteiger partial charge in [0.1, 0.15) is 17.8 Å². The van der Waals surface area contributed by atoms with E-state index in [1.54, 1.807) is 0 Å². The van der Waals surface area contributed by atoms with E-state index in [9.17, 15) is 4.79 Å². The number of hydrogen-bond acceptors (Lipinski definition) is 4. The van der Waals surface area contributed by atoms with Gasteiger partial charge in [-0.25, -0.2) is 0 Å². The Labute approximate surface area is 182 Å². The lowest BCUT2D eigenvalue weighted by Crippen LogP contribution is -2.22. The molecule has 1 aliphatic carbocycles. The second-order valence-corrected chi connectivity index (χ2v) is 7.65. The van der Waals surface area contributed by atoms with Crippen molar-refractivity contribution in [1.29, 1.82) is 0 Å². The maximum atomic E-state index is 11.2. The van der Waals surface area contributed by atoms with E-state index in [-0.39, 0.29) is 6.04 Å². The Bertz CT molecular complexity index is 733. The molecule has 30 heavy (non-hydrogen) atoms. The summed E-state index contributed by atoms with van der Waals surface area (Å²) in [5, 5.41) is 0. The van der Waals surface area contributed by atoms with Gasteiger partial charge in [-0.3, -0.25) is 9.69 Å². The third kappa shape index (κ3) is 8.52. The molecule has 0 bridgehead atoms. The SMILES string of the molecule is C/C=C(/C=O)C(c1ccc(Oc2ccccc2)cc1)N(C)C.CC1CCCC1.CN. The average Bonchev–Trinajstić information content (AvgIpc) is 3.26. The van der Waals surface area contributed by atoms with Crippen molar-refractivity contribution in [2.24, 2.45) is 11.7 Å². The maximum absolute atomic E-state index is 11.2. The Kier molecular flexibility index (Phi) is 12.4. The minimum Gasteiger partial charge on any atom is -0.457 e. The summed E-state index contributed by atoms with van der Waals surface area (Å²) in [6.07, 6.45) is 8.72. The van der Waals surface area contributed by atoms with E-state index in [4.69, 9.17) is 4.74 Å². The number of ether oxygens (including phenoxy) is 1. The van der Waals surface area contributed by atoms with E-state index in [1.807, 2.05) is 86.6 Å². The van der Waals surface area contributed by atoms with Crippen LogP contribution in [0.3, 0.4) is 0 Å². The summed E-state index contributed by atoms with van der Waals surface area (Å²) in [4.78, 5) is 13.3. The average molecular weight is 411 g/mol. The van der Waals surface area contributed by atoms with Crippen molar-refractivity contribution in [2.75, 3.05) is 21.1 Å². The first-order chi connectivity index (χ1) is 14.5. The van der Waals surface area contributed by atoms with E-state index < -0.39 is 0 Å². The van der Waals surface area contributed by atoms with Crippen LogP contribution < -0.4 is 10.5 Å². The molecule has 1 aliphatic rings. The van der Waals surface area contributed by atoms with Crippen molar-refractivity contribution < 1.29 is 9.53 Å². The highest BCUT2D eigenvalue weighted by Crippen LogP contribution is 2.28. The van der Waals surface area contributed by atoms with Crippen molar-refractivity contribution in [3.8, 4) is 11.5 Å². The predicted octanol–water partition coefficient (Wildman–Crippen LogP) is 6.00. The van der Waals surface area contributed by atoms with Gasteiger partial charge >= 0.3 is 0 Å². The van der Waals surface area contributed by atoms with Gasteiger partial charge in [0.15, 0.2) is 0 Å². The maximum Gasteiger partial charge on any atom is 0.147 e. The van der Waals surface area contributed by atoms with Gasteiger partial charge in [-0.15, -0.1) is 0 Å². The molecule has 2 aromatic carbocycles. The number of carbonyl (C=O) groups excluding carboxylic acids is 1. The van der Waals surface area contributed by atoms with Crippen LogP contribution in [0.5, 0.6) is 11.5 Å². The van der Waals surface area contributed by atoms with Gasteiger partial charge in [-0.2, -0.15) is 0 Å². The van der Waals surface area contributed by atoms with E-state index in [1.165, 1.54) is 32.7 Å². The molecule has 1 atom stereocenters. The van der Waals surface area contributed by atoms with Crippen LogP contribution in [0.4, 0.5) is 0 Å². The van der Waals surface area contributed by atoms with Crippen molar-refractivity contribution in [3.63, 3.8) is 0 Å². The molecule has 0 aliphatic heterocycles. The molecule has 1 saturated carbocycles. The molecule has 3 rings (SSSR count). The molecule has 2 aromatic rings. The molecule has 2 N–H and O–H groups in total. The quantitative estimate of drug-likeness (QED) is 0.469. The Morgan fingerprint density at radius 1 is 1.00 bits per heavy atom. The fourth-order valence-electron chi connectivity index (χ4n) is 3.55. The number of benzene rings is 2. The fourth-order valence-corrected chi connectivity index (χ4v) is 3.55. The first-order valence-electron chi connectivity index (χ1n) is 10.7. The Morgan fingerprint density at radius 3 is 1.93 bits per heavy atom. The topological polar surface area (TPSA) is 55.6 Å². The highest BCUT2D eigenvalue weighted by atomic mass is 16.5. The molecule has 0 aromatic heterocycles. The van der Waals surface area contributed by atoms with Crippen LogP contribution in [0.1, 0.15) is 51.1 Å². The first kappa shape index (κ1) is 25.6. The summed E-state index contributed by atoms with van der Waals surface area (Å²) < 4.78 is 5.79. The minimum absolute atomic E-state index is 0.0479. The summed E-state index contributed by atoms with van der Waals surface area (Å²) in [7, 11) is 5.43. The monoisotopic (exact) mass is 410 g/mol. The predicted molar refractivity (Wildman–Crippen MR) is 127 cm³/mol. The van der Waals surface area contributed by atoms with E-state index in [0.29, 0.717) is 0 Å². The summed E-state index contributed by atoms with van der Waals surface area (Å²) in [6.45, 7) is 4.22. The fraction of sp³-hybridized carbons (Fsp3) is 0.423. The lowest BCUT2D eigenvalue weighted by Gasteiger charge is -2.25. The van der Waals surface area contributed by atoms with Gasteiger partial charge in [0.25, 0.3) is 0 Å². The normalized spacial score (nSPS) is 14.8. The number of carbonyl (C=O) groups is 1. The number of aldehydes is 1. The summed E-state index contributed by atoms with van der Waals surface area (Å²) in [6, 6.07) is 17.5. The molecule has 0 amide bonds. The van der Waals surface area contributed by atoms with Crippen LogP contribution in [0.2, 0.25) is 0 Å². The third-order valence-corrected chi connectivity index (χ3v) is 5.12. The standard InChI is InChI=1S/C19H21NO2.C6H12.CH5N/c1-4-15(14-21)19(20(2)3)16-10-12-18(13-11-16)22-17-8-6-5-7-9-17;1-6-4-2-3-5-6;1-2/h4-14,19H,1-3H3;6H,2-5H2,1H3;2H2,1H3/b15-4-;;. The zero-order valence-electron chi connectivity index (χ0n) is 19.2. The van der Waals surface area contributed by atoms with Gasteiger partial charge in [-0.1, -0.05) is 69.0 Å². The summed E-state index contributed by atoms with van der Waals surface area (Å²) in [5.41, 5.74) is 6.31. The second-order valence-electron chi connectivity index (χ2n) is 7.65. The second kappa shape index (κ2) is 14.5. The molecule has 0 spiro atoms. The van der Waals surface area contributed by atoms with E-state index in [2.05, 4.69) is 12.7 Å². The Hall–Kier alpha value is -2.43. The van der Waals surface area contributed by atoms with Crippen molar-refractivity contribution in [3.05, 3.63) is 71.8 Å². The van der Waals surface area contributed by atoms with Crippen molar-refractivity contribution in [2.45, 2.75) is 45.6 Å². The molecule has 0 heterocycles. The number of nitrogens with two attached hydrogens (primary N) is 1. The van der Waals surface area contributed by atoms with Crippen molar-refractivity contribution in [1.82, 2.24) is 4.90 Å². The van der Waals surface area contributed by atoms with Crippen LogP contribution in [0.15, 0.2) is 66.2 Å². The molecule has 164 valence electrons. The van der Waals surface area contributed by atoms with Crippen LogP contribution in [-0.4, -0.2) is 32.3 Å². The van der Waals surface area contributed by atoms with Crippen molar-refractivity contribution >= 4 is 6.29 Å². The summed E-state index contributed by atoms with van der Waals surface area (Å²) in [5.74, 6) is 2.63. The Balaban J connectivity index is 0.000000474. The molecule has 1 fully saturated rings. The molecule has 0 radical (unpaired) electrons. The highest BCUT2D eigenvalue weighted by molar-refractivity contribution is 5.75. The zero-order valence-corrected chi connectivity index (χ0v) is 19.2. The third-order valence-electron chi connectivity index (χ3n) is 5.12. The first-order valence-corrected chi connectivity index (χ1v) is 10.7. The van der Waals surface area contributed by atoms with Gasteiger partial charge in [0.2, 0.25) is 0 Å². The number of allylic oxidation sites excluding steroid dienone is 1.